The van der Waals surface area contributed by atoms with Gasteiger partial charge in [-0.25, -0.2) is 0 Å². The highest BCUT2D eigenvalue weighted by molar-refractivity contribution is 5.27. The van der Waals surface area contributed by atoms with Gasteiger partial charge in [0.1, 0.15) is 5.75 Å². The number of ether oxygens (including phenoxy) is 1. The van der Waals surface area contributed by atoms with Crippen LogP contribution in [0.1, 0.15) is 77.2 Å². The quantitative estimate of drug-likeness (QED) is 0.479. The standard InChI is InChI=1S/C21H34O/c1-3-5-17-22-21-15-13-20(14-16-21)12-11-19-9-7-18(6-4-2)8-10-19/h13-16,18-19H,3-12,17H2,1-2H3/t18-,19-. The molecular weight excluding hydrogens is 268 g/mol. The molecule has 0 saturated heterocycles. The Morgan fingerprint density at radius 2 is 1.50 bits per heavy atom. The number of unbranched alkanes of at least 4 members (excludes halogenated alkanes) is 1. The first-order valence-corrected chi connectivity index (χ1v) is 9.53. The van der Waals surface area contributed by atoms with Crippen molar-refractivity contribution in [1.29, 1.82) is 0 Å². The highest BCUT2D eigenvalue weighted by atomic mass is 16.5. The second-order valence-electron chi connectivity index (χ2n) is 7.06. The molecule has 1 aliphatic carbocycles. The molecule has 0 N–H and O–H groups in total. The van der Waals surface area contributed by atoms with E-state index >= 15 is 0 Å². The summed E-state index contributed by atoms with van der Waals surface area (Å²) >= 11 is 0. The Labute approximate surface area is 137 Å². The SMILES string of the molecule is CCCCOc1ccc(CC[C@H]2CC[C@H](CCC)CC2)cc1. The lowest BCUT2D eigenvalue weighted by Crippen LogP contribution is -2.15. The van der Waals surface area contributed by atoms with Crippen LogP contribution >= 0.6 is 0 Å². The van der Waals surface area contributed by atoms with Gasteiger partial charge in [-0.3, -0.25) is 0 Å². The predicted octanol–water partition coefficient (Wildman–Crippen LogP) is 6.40. The van der Waals surface area contributed by atoms with Gasteiger partial charge in [-0.2, -0.15) is 0 Å². The molecule has 124 valence electrons. The lowest BCUT2D eigenvalue weighted by atomic mass is 9.78. The molecule has 1 aromatic carbocycles. The van der Waals surface area contributed by atoms with Gasteiger partial charge in [0, 0.05) is 0 Å². The van der Waals surface area contributed by atoms with Crippen LogP contribution in [0.2, 0.25) is 0 Å². The monoisotopic (exact) mass is 302 g/mol. The van der Waals surface area contributed by atoms with Crippen LogP contribution in [0.25, 0.3) is 0 Å². The van der Waals surface area contributed by atoms with Crippen molar-refractivity contribution < 1.29 is 4.74 Å². The van der Waals surface area contributed by atoms with Crippen molar-refractivity contribution in [2.75, 3.05) is 6.61 Å². The maximum Gasteiger partial charge on any atom is 0.119 e. The molecule has 1 fully saturated rings. The summed E-state index contributed by atoms with van der Waals surface area (Å²) < 4.78 is 5.73. The Bertz CT molecular complexity index is 387. The van der Waals surface area contributed by atoms with Crippen LogP contribution in [0.5, 0.6) is 5.75 Å². The minimum atomic E-state index is 0.844. The molecule has 2 rings (SSSR count). The van der Waals surface area contributed by atoms with Crippen molar-refractivity contribution >= 4 is 0 Å². The fraction of sp³-hybridized carbons (Fsp3) is 0.714. The van der Waals surface area contributed by atoms with E-state index in [4.69, 9.17) is 4.74 Å². The molecular formula is C21H34O. The molecule has 0 heterocycles. The van der Waals surface area contributed by atoms with Crippen LogP contribution in [-0.4, -0.2) is 6.61 Å². The summed E-state index contributed by atoms with van der Waals surface area (Å²) in [6.07, 6.45) is 13.6. The molecule has 0 bridgehead atoms. The lowest BCUT2D eigenvalue weighted by molar-refractivity contribution is 0.252. The Hall–Kier alpha value is -0.980. The zero-order valence-electron chi connectivity index (χ0n) is 14.7. The fourth-order valence-electron chi connectivity index (χ4n) is 3.67. The summed E-state index contributed by atoms with van der Waals surface area (Å²) in [5.41, 5.74) is 1.47. The van der Waals surface area contributed by atoms with Gasteiger partial charge in [0.15, 0.2) is 0 Å². The van der Waals surface area contributed by atoms with Crippen molar-refractivity contribution in [3.05, 3.63) is 29.8 Å². The van der Waals surface area contributed by atoms with E-state index in [0.29, 0.717) is 0 Å². The molecule has 1 saturated carbocycles. The van der Waals surface area contributed by atoms with Crippen LogP contribution in [0.4, 0.5) is 0 Å². The van der Waals surface area contributed by atoms with E-state index in [0.717, 1.165) is 30.6 Å². The van der Waals surface area contributed by atoms with Crippen LogP contribution in [0.15, 0.2) is 24.3 Å². The summed E-state index contributed by atoms with van der Waals surface area (Å²) in [5.74, 6) is 3.02. The first-order chi connectivity index (χ1) is 10.8. The van der Waals surface area contributed by atoms with Crippen LogP contribution < -0.4 is 4.74 Å². The minimum absolute atomic E-state index is 0.844. The Kier molecular flexibility index (Phi) is 7.83. The Morgan fingerprint density at radius 3 is 2.09 bits per heavy atom. The third-order valence-corrected chi connectivity index (χ3v) is 5.19. The van der Waals surface area contributed by atoms with Gasteiger partial charge in [0.05, 0.1) is 6.61 Å². The number of hydrogen-bond donors (Lipinski definition) is 0. The number of hydrogen-bond acceptors (Lipinski definition) is 1. The van der Waals surface area contributed by atoms with Crippen molar-refractivity contribution in [1.82, 2.24) is 0 Å². The molecule has 0 unspecified atom stereocenters. The molecule has 1 aliphatic rings. The number of aryl methyl sites for hydroxylation is 1. The average Bonchev–Trinajstić information content (AvgIpc) is 2.56. The predicted molar refractivity (Wildman–Crippen MR) is 95.5 cm³/mol. The van der Waals surface area contributed by atoms with Crippen molar-refractivity contribution in [2.24, 2.45) is 11.8 Å². The van der Waals surface area contributed by atoms with Crippen molar-refractivity contribution in [2.45, 2.75) is 78.1 Å². The van der Waals surface area contributed by atoms with E-state index in [-0.39, 0.29) is 0 Å². The maximum atomic E-state index is 5.73. The second-order valence-corrected chi connectivity index (χ2v) is 7.06. The van der Waals surface area contributed by atoms with Crippen molar-refractivity contribution in [3.63, 3.8) is 0 Å². The van der Waals surface area contributed by atoms with Gasteiger partial charge in [-0.05, 0) is 48.8 Å². The molecule has 0 aromatic heterocycles. The molecule has 0 radical (unpaired) electrons. The zero-order valence-corrected chi connectivity index (χ0v) is 14.7. The molecule has 22 heavy (non-hydrogen) atoms. The normalized spacial score (nSPS) is 21.7. The fourth-order valence-corrected chi connectivity index (χ4v) is 3.67. The van der Waals surface area contributed by atoms with Crippen LogP contribution in [-0.2, 0) is 6.42 Å². The molecule has 0 aliphatic heterocycles. The largest absolute Gasteiger partial charge is 0.494 e. The van der Waals surface area contributed by atoms with E-state index in [2.05, 4.69) is 38.1 Å². The summed E-state index contributed by atoms with van der Waals surface area (Å²) in [6, 6.07) is 8.79. The van der Waals surface area contributed by atoms with Gasteiger partial charge in [0.25, 0.3) is 0 Å². The van der Waals surface area contributed by atoms with Crippen LogP contribution in [0.3, 0.4) is 0 Å². The summed E-state index contributed by atoms with van der Waals surface area (Å²) in [7, 11) is 0. The van der Waals surface area contributed by atoms with Gasteiger partial charge in [-0.1, -0.05) is 70.9 Å². The van der Waals surface area contributed by atoms with Crippen molar-refractivity contribution in [3.8, 4) is 5.75 Å². The molecule has 1 nitrogen and oxygen atoms in total. The molecule has 1 aromatic rings. The molecule has 0 spiro atoms. The summed E-state index contributed by atoms with van der Waals surface area (Å²) in [5, 5.41) is 0. The highest BCUT2D eigenvalue weighted by Gasteiger charge is 2.20. The first-order valence-electron chi connectivity index (χ1n) is 9.53. The topological polar surface area (TPSA) is 9.23 Å². The number of rotatable bonds is 9. The third kappa shape index (κ3) is 6.02. The second kappa shape index (κ2) is 9.92. The Morgan fingerprint density at radius 1 is 0.864 bits per heavy atom. The van der Waals surface area contributed by atoms with E-state index in [1.165, 1.54) is 63.4 Å². The highest BCUT2D eigenvalue weighted by Crippen LogP contribution is 2.33. The van der Waals surface area contributed by atoms with E-state index < -0.39 is 0 Å². The van der Waals surface area contributed by atoms with E-state index in [9.17, 15) is 0 Å². The van der Waals surface area contributed by atoms with Gasteiger partial charge in [0.2, 0.25) is 0 Å². The Balaban J connectivity index is 1.66. The smallest absolute Gasteiger partial charge is 0.119 e. The zero-order chi connectivity index (χ0) is 15.6. The third-order valence-electron chi connectivity index (χ3n) is 5.19. The molecule has 1 heteroatoms. The van der Waals surface area contributed by atoms with E-state index in [1.54, 1.807) is 0 Å². The van der Waals surface area contributed by atoms with Gasteiger partial charge < -0.3 is 4.74 Å². The average molecular weight is 303 g/mol. The van der Waals surface area contributed by atoms with Gasteiger partial charge >= 0.3 is 0 Å². The lowest BCUT2D eigenvalue weighted by Gasteiger charge is -2.28. The van der Waals surface area contributed by atoms with Gasteiger partial charge in [-0.15, -0.1) is 0 Å². The molecule has 0 amide bonds. The first kappa shape index (κ1) is 17.4. The molecule has 0 atom stereocenters. The maximum absolute atomic E-state index is 5.73. The minimum Gasteiger partial charge on any atom is -0.494 e. The summed E-state index contributed by atoms with van der Waals surface area (Å²) in [4.78, 5) is 0. The summed E-state index contributed by atoms with van der Waals surface area (Å²) in [6.45, 7) is 5.36. The van der Waals surface area contributed by atoms with E-state index in [1.807, 2.05) is 0 Å². The number of benzene rings is 1. The van der Waals surface area contributed by atoms with Crippen LogP contribution in [0, 0.1) is 11.8 Å².